The number of carbonyl (C=O) groups excluding carboxylic acids is 1. The third kappa shape index (κ3) is 6.23. The van der Waals surface area contributed by atoms with Gasteiger partial charge in [0, 0.05) is 24.7 Å². The number of ether oxygens (including phenoxy) is 3. The summed E-state index contributed by atoms with van der Waals surface area (Å²) in [4.78, 5) is 20.1. The summed E-state index contributed by atoms with van der Waals surface area (Å²) in [5.41, 5.74) is 0.932. The first kappa shape index (κ1) is 27.4. The number of anilines is 1. The number of imidazole rings is 1. The lowest BCUT2D eigenvalue weighted by Gasteiger charge is -2.38. The second-order valence-corrected chi connectivity index (χ2v) is 8.61. The molecule has 10 nitrogen and oxygen atoms in total. The van der Waals surface area contributed by atoms with Crippen molar-refractivity contribution >= 4 is 23.3 Å². The minimum atomic E-state index is -4.83. The number of carbonyl (C=O) groups is 1. The van der Waals surface area contributed by atoms with Gasteiger partial charge in [-0.05, 0) is 29.8 Å². The predicted molar refractivity (Wildman–Crippen MR) is 129 cm³/mol. The van der Waals surface area contributed by atoms with E-state index in [-0.39, 0.29) is 56.2 Å². The molecule has 14 heteroatoms. The van der Waals surface area contributed by atoms with E-state index in [1.165, 1.54) is 21.6 Å². The van der Waals surface area contributed by atoms with Crippen LogP contribution in [0.1, 0.15) is 16.1 Å². The predicted octanol–water partition coefficient (Wildman–Crippen LogP) is 3.10. The van der Waals surface area contributed by atoms with Crippen LogP contribution in [-0.2, 0) is 6.54 Å². The van der Waals surface area contributed by atoms with Crippen molar-refractivity contribution in [3.63, 3.8) is 0 Å². The second-order valence-electron chi connectivity index (χ2n) is 8.18. The van der Waals surface area contributed by atoms with Gasteiger partial charge in [0.2, 0.25) is 6.35 Å². The van der Waals surface area contributed by atoms with E-state index < -0.39 is 24.4 Å². The molecule has 0 bridgehead atoms. The van der Waals surface area contributed by atoms with Gasteiger partial charge < -0.3 is 29.3 Å². The first-order valence-electron chi connectivity index (χ1n) is 11.4. The summed E-state index contributed by atoms with van der Waals surface area (Å²) in [5.74, 6) is -0.654. The number of hydrogen-bond acceptors (Lipinski definition) is 8. The number of aromatic nitrogens is 2. The number of fused-ring (bicyclic) bond motifs is 1. The average Bonchev–Trinajstić information content (AvgIpc) is 3.22. The number of aliphatic hydroxyl groups is 2. The van der Waals surface area contributed by atoms with E-state index in [1.807, 2.05) is 0 Å². The minimum absolute atomic E-state index is 0.0564. The Labute approximate surface area is 220 Å². The van der Waals surface area contributed by atoms with Crippen LogP contribution in [0.15, 0.2) is 48.5 Å². The van der Waals surface area contributed by atoms with Crippen LogP contribution < -0.4 is 19.1 Å². The van der Waals surface area contributed by atoms with Crippen LogP contribution in [-0.4, -0.2) is 76.7 Å². The molecule has 3 aromatic rings. The maximum absolute atomic E-state index is 13.3. The molecule has 0 radical (unpaired) electrons. The quantitative estimate of drug-likeness (QED) is 0.367. The Bertz CT molecular complexity index is 1270. The van der Waals surface area contributed by atoms with Gasteiger partial charge in [-0.15, -0.1) is 13.2 Å². The van der Waals surface area contributed by atoms with Gasteiger partial charge in [0.1, 0.15) is 24.7 Å². The van der Waals surface area contributed by atoms with Crippen molar-refractivity contribution in [2.45, 2.75) is 19.3 Å². The van der Waals surface area contributed by atoms with Gasteiger partial charge in [0.05, 0.1) is 13.2 Å². The number of rotatable bonds is 10. The molecule has 38 heavy (non-hydrogen) atoms. The van der Waals surface area contributed by atoms with E-state index >= 15 is 0 Å². The lowest BCUT2D eigenvalue weighted by Crippen LogP contribution is -2.55. The number of nitrogens with zero attached hydrogens (tertiary/aromatic N) is 4. The topological polar surface area (TPSA) is 110 Å². The number of alkyl halides is 3. The van der Waals surface area contributed by atoms with E-state index in [0.29, 0.717) is 5.02 Å². The largest absolute Gasteiger partial charge is 0.573 e. The molecule has 0 saturated heterocycles. The van der Waals surface area contributed by atoms with Crippen molar-refractivity contribution in [1.29, 1.82) is 0 Å². The van der Waals surface area contributed by atoms with Crippen molar-refractivity contribution in [3.05, 3.63) is 64.8 Å². The Balaban J connectivity index is 1.54. The molecule has 1 aromatic heterocycles. The summed E-state index contributed by atoms with van der Waals surface area (Å²) >= 11 is 5.99. The van der Waals surface area contributed by atoms with Gasteiger partial charge in [-0.1, -0.05) is 29.8 Å². The Hall–Kier alpha value is -3.68. The standard InChI is InChI=1S/C24H24ClF3N4O6/c1-30-20-19(21(34)31(9-10-33)23(30)35)32(14-15-5-7-16(25)8-6-15)22(29-20)37-12-11-36-17-3-2-4-18(13-17)38-24(26,27)28/h2-8,13,23,33,35H,9-12,14H2,1H3. The number of hydrogen-bond donors (Lipinski definition) is 2. The average molecular weight is 557 g/mol. The number of halogens is 4. The normalized spacial score (nSPS) is 15.4. The zero-order chi connectivity index (χ0) is 27.4. The summed E-state index contributed by atoms with van der Waals surface area (Å²) in [6.45, 7) is -0.405. The SMILES string of the molecule is CN1c2nc(OCCOc3cccc(OC(F)(F)F)c3)n(Cc3ccc(Cl)cc3)c2C(=O)N(CCO)C1O. The molecule has 1 atom stereocenters. The highest BCUT2D eigenvalue weighted by molar-refractivity contribution is 6.30. The molecule has 0 saturated carbocycles. The molecule has 1 amide bonds. The van der Waals surface area contributed by atoms with Gasteiger partial charge in [0.15, 0.2) is 11.5 Å². The third-order valence-electron chi connectivity index (χ3n) is 5.55. The fourth-order valence-corrected chi connectivity index (χ4v) is 3.97. The highest BCUT2D eigenvalue weighted by Gasteiger charge is 2.40. The van der Waals surface area contributed by atoms with Crippen molar-refractivity contribution in [2.75, 3.05) is 38.3 Å². The van der Waals surface area contributed by atoms with Gasteiger partial charge in [-0.2, -0.15) is 4.98 Å². The summed E-state index contributed by atoms with van der Waals surface area (Å²) in [7, 11) is 1.54. The summed E-state index contributed by atoms with van der Waals surface area (Å²) < 4.78 is 54.1. The molecular weight excluding hydrogens is 533 g/mol. The summed E-state index contributed by atoms with van der Waals surface area (Å²) in [6.07, 6.45) is -6.17. The van der Waals surface area contributed by atoms with Gasteiger partial charge in [-0.25, -0.2) is 0 Å². The maximum Gasteiger partial charge on any atom is 0.573 e. The van der Waals surface area contributed by atoms with Gasteiger partial charge in [0.25, 0.3) is 11.9 Å². The fraction of sp³-hybridized carbons (Fsp3) is 0.333. The minimum Gasteiger partial charge on any atom is -0.490 e. The third-order valence-corrected chi connectivity index (χ3v) is 5.81. The molecule has 1 aliphatic rings. The second kappa shape index (κ2) is 11.4. The number of β-amino-alcohol motifs (C(OH)–C–C–N with tert-alkyl or cyclic N) is 1. The van der Waals surface area contributed by atoms with Crippen molar-refractivity contribution in [1.82, 2.24) is 14.5 Å². The number of benzene rings is 2. The van der Waals surface area contributed by atoms with Gasteiger partial charge >= 0.3 is 6.36 Å². The van der Waals surface area contributed by atoms with E-state index in [9.17, 15) is 28.2 Å². The molecule has 2 aromatic carbocycles. The molecule has 204 valence electrons. The van der Waals surface area contributed by atoms with Crippen LogP contribution in [0.25, 0.3) is 0 Å². The van der Waals surface area contributed by atoms with Crippen LogP contribution in [0.4, 0.5) is 19.0 Å². The Morgan fingerprint density at radius 1 is 1.08 bits per heavy atom. The van der Waals surface area contributed by atoms with E-state index in [1.54, 1.807) is 31.3 Å². The van der Waals surface area contributed by atoms with Crippen molar-refractivity contribution in [2.24, 2.45) is 0 Å². The van der Waals surface area contributed by atoms with Crippen molar-refractivity contribution in [3.8, 4) is 17.5 Å². The van der Waals surface area contributed by atoms with E-state index in [4.69, 9.17) is 21.1 Å². The Morgan fingerprint density at radius 3 is 2.45 bits per heavy atom. The van der Waals surface area contributed by atoms with E-state index in [2.05, 4.69) is 9.72 Å². The van der Waals surface area contributed by atoms with Crippen LogP contribution in [0.2, 0.25) is 5.02 Å². The first-order valence-corrected chi connectivity index (χ1v) is 11.7. The molecule has 4 rings (SSSR count). The fourth-order valence-electron chi connectivity index (χ4n) is 3.84. The van der Waals surface area contributed by atoms with Crippen LogP contribution in [0, 0.1) is 0 Å². The van der Waals surface area contributed by atoms with Gasteiger partial charge in [-0.3, -0.25) is 14.3 Å². The molecular formula is C24H24ClF3N4O6. The summed E-state index contributed by atoms with van der Waals surface area (Å²) in [5, 5.41) is 20.5. The molecule has 1 unspecified atom stereocenters. The van der Waals surface area contributed by atoms with Crippen LogP contribution >= 0.6 is 11.6 Å². The molecule has 2 heterocycles. The molecule has 0 spiro atoms. The zero-order valence-corrected chi connectivity index (χ0v) is 20.8. The molecule has 0 aliphatic carbocycles. The molecule has 0 fully saturated rings. The lowest BCUT2D eigenvalue weighted by molar-refractivity contribution is -0.274. The first-order chi connectivity index (χ1) is 18.1. The number of amides is 1. The number of aliphatic hydroxyl groups excluding tert-OH is 2. The van der Waals surface area contributed by atoms with Crippen LogP contribution in [0.5, 0.6) is 17.5 Å². The van der Waals surface area contributed by atoms with E-state index in [0.717, 1.165) is 22.6 Å². The van der Waals surface area contributed by atoms with Crippen LogP contribution in [0.3, 0.4) is 0 Å². The van der Waals surface area contributed by atoms with Crippen molar-refractivity contribution < 1.29 is 42.4 Å². The molecule has 1 aliphatic heterocycles. The Kier molecular flexibility index (Phi) is 8.19. The highest BCUT2D eigenvalue weighted by Crippen LogP contribution is 2.33. The molecule has 2 N–H and O–H groups in total. The lowest BCUT2D eigenvalue weighted by atomic mass is 10.2. The Morgan fingerprint density at radius 2 is 1.76 bits per heavy atom. The summed E-state index contributed by atoms with van der Waals surface area (Å²) in [6, 6.07) is 12.1. The smallest absolute Gasteiger partial charge is 0.490 e. The zero-order valence-electron chi connectivity index (χ0n) is 20.1. The maximum atomic E-state index is 13.3. The highest BCUT2D eigenvalue weighted by atomic mass is 35.5. The monoisotopic (exact) mass is 556 g/mol.